The Morgan fingerprint density at radius 3 is 2.82 bits per heavy atom. The zero-order valence-corrected chi connectivity index (χ0v) is 15.8. The number of primary sulfonamides is 1. The molecule has 0 radical (unpaired) electrons. The van der Waals surface area contributed by atoms with Gasteiger partial charge >= 0.3 is 0 Å². The molecule has 1 aliphatic heterocycles. The number of halogens is 1. The van der Waals surface area contributed by atoms with Gasteiger partial charge in [0.2, 0.25) is 10.0 Å². The summed E-state index contributed by atoms with van der Waals surface area (Å²) in [5.74, 6) is 1.14. The van der Waals surface area contributed by atoms with Gasteiger partial charge in [0, 0.05) is 13.1 Å². The standard InChI is InChI=1S/C14H22N4O2S.HI/c1-11-4-3-7-18(10-11)14(15)17-9-12-5-2-6-13(8-12)21(16,19)20;/h2,5-6,8,11H,3-4,7,9-10H2,1H3,(H2,15,17)(H2,16,19,20);1H. The van der Waals surface area contributed by atoms with Crippen LogP contribution < -0.4 is 10.9 Å². The molecule has 6 nitrogen and oxygen atoms in total. The molecule has 0 aromatic heterocycles. The van der Waals surface area contributed by atoms with E-state index in [-0.39, 0.29) is 28.9 Å². The van der Waals surface area contributed by atoms with E-state index in [0.29, 0.717) is 18.4 Å². The number of hydrogen-bond acceptors (Lipinski definition) is 3. The monoisotopic (exact) mass is 438 g/mol. The van der Waals surface area contributed by atoms with Crippen molar-refractivity contribution in [2.45, 2.75) is 31.2 Å². The Kier molecular flexibility index (Phi) is 7.07. The number of piperidine rings is 1. The first-order valence-corrected chi connectivity index (χ1v) is 8.57. The number of nitrogens with two attached hydrogens (primary N) is 2. The van der Waals surface area contributed by atoms with Gasteiger partial charge in [-0.2, -0.15) is 0 Å². The number of guanidine groups is 1. The second-order valence-electron chi connectivity index (χ2n) is 5.56. The maximum atomic E-state index is 11.3. The molecule has 0 saturated carbocycles. The third-order valence-corrected chi connectivity index (χ3v) is 4.54. The van der Waals surface area contributed by atoms with Gasteiger partial charge in [-0.1, -0.05) is 19.1 Å². The average molecular weight is 438 g/mol. The fraction of sp³-hybridized carbons (Fsp3) is 0.500. The lowest BCUT2D eigenvalue weighted by atomic mass is 10.0. The van der Waals surface area contributed by atoms with Crippen molar-refractivity contribution in [1.82, 2.24) is 4.90 Å². The lowest BCUT2D eigenvalue weighted by molar-refractivity contribution is 0.270. The van der Waals surface area contributed by atoms with Gasteiger partial charge in [0.1, 0.15) is 0 Å². The molecule has 1 saturated heterocycles. The van der Waals surface area contributed by atoms with Crippen LogP contribution in [0.1, 0.15) is 25.3 Å². The van der Waals surface area contributed by atoms with Crippen LogP contribution in [0.2, 0.25) is 0 Å². The predicted octanol–water partition coefficient (Wildman–Crippen LogP) is 1.50. The molecule has 1 aromatic carbocycles. The third kappa shape index (κ3) is 5.40. The number of nitrogens with zero attached hydrogens (tertiary/aromatic N) is 2. The topological polar surface area (TPSA) is 102 Å². The molecular formula is C14H23IN4O2S. The van der Waals surface area contributed by atoms with Crippen LogP contribution in [0, 0.1) is 5.92 Å². The summed E-state index contributed by atoms with van der Waals surface area (Å²) in [7, 11) is -3.68. The first-order valence-electron chi connectivity index (χ1n) is 7.03. The highest BCUT2D eigenvalue weighted by Crippen LogP contribution is 2.15. The summed E-state index contributed by atoms with van der Waals surface area (Å²) in [5.41, 5.74) is 6.79. The lowest BCUT2D eigenvalue weighted by Crippen LogP contribution is -2.43. The number of likely N-dealkylation sites (tertiary alicyclic amines) is 1. The molecule has 1 aromatic rings. The van der Waals surface area contributed by atoms with Crippen LogP contribution >= 0.6 is 24.0 Å². The number of benzene rings is 1. The van der Waals surface area contributed by atoms with Crippen molar-refractivity contribution in [3.05, 3.63) is 29.8 Å². The Morgan fingerprint density at radius 1 is 1.45 bits per heavy atom. The Bertz CT molecular complexity index is 633. The Labute approximate surface area is 149 Å². The molecule has 0 bridgehead atoms. The highest BCUT2D eigenvalue weighted by atomic mass is 127. The third-order valence-electron chi connectivity index (χ3n) is 3.63. The molecule has 1 atom stereocenters. The van der Waals surface area contributed by atoms with Crippen molar-refractivity contribution in [2.75, 3.05) is 13.1 Å². The van der Waals surface area contributed by atoms with Gasteiger partial charge in [0.15, 0.2) is 5.96 Å². The Morgan fingerprint density at radius 2 is 2.18 bits per heavy atom. The summed E-state index contributed by atoms with van der Waals surface area (Å²) >= 11 is 0. The molecule has 1 aliphatic rings. The molecule has 8 heteroatoms. The number of hydrogen-bond donors (Lipinski definition) is 2. The van der Waals surface area contributed by atoms with Crippen LogP contribution in [-0.2, 0) is 16.6 Å². The molecule has 1 heterocycles. The summed E-state index contributed by atoms with van der Waals surface area (Å²) in [6.07, 6.45) is 2.35. The maximum Gasteiger partial charge on any atom is 0.238 e. The lowest BCUT2D eigenvalue weighted by Gasteiger charge is -2.31. The van der Waals surface area contributed by atoms with E-state index >= 15 is 0 Å². The van der Waals surface area contributed by atoms with E-state index in [1.807, 2.05) is 6.07 Å². The van der Waals surface area contributed by atoms with Crippen molar-refractivity contribution < 1.29 is 8.42 Å². The van der Waals surface area contributed by atoms with Gasteiger partial charge in [-0.05, 0) is 36.5 Å². The van der Waals surface area contributed by atoms with E-state index < -0.39 is 10.0 Å². The van der Waals surface area contributed by atoms with Crippen molar-refractivity contribution in [2.24, 2.45) is 21.8 Å². The number of aliphatic imine (C=N–C) groups is 1. The minimum absolute atomic E-state index is 0. The average Bonchev–Trinajstić information content (AvgIpc) is 2.44. The van der Waals surface area contributed by atoms with Crippen LogP contribution in [0.4, 0.5) is 0 Å². The number of sulfonamides is 1. The molecular weight excluding hydrogens is 415 g/mol. The van der Waals surface area contributed by atoms with E-state index in [2.05, 4.69) is 16.8 Å². The Balaban J connectivity index is 0.00000242. The molecule has 1 fully saturated rings. The Hall–Kier alpha value is -0.870. The first kappa shape index (κ1) is 19.2. The fourth-order valence-electron chi connectivity index (χ4n) is 2.49. The van der Waals surface area contributed by atoms with E-state index in [0.717, 1.165) is 25.1 Å². The van der Waals surface area contributed by atoms with Crippen molar-refractivity contribution in [1.29, 1.82) is 0 Å². The van der Waals surface area contributed by atoms with Gasteiger partial charge in [0.25, 0.3) is 0 Å². The first-order chi connectivity index (χ1) is 9.86. The predicted molar refractivity (Wildman–Crippen MR) is 98.5 cm³/mol. The minimum Gasteiger partial charge on any atom is -0.370 e. The second-order valence-corrected chi connectivity index (χ2v) is 7.12. The summed E-state index contributed by atoms with van der Waals surface area (Å²) < 4.78 is 22.6. The summed E-state index contributed by atoms with van der Waals surface area (Å²) in [5, 5.41) is 5.12. The molecule has 2 rings (SSSR count). The van der Waals surface area contributed by atoms with Crippen LogP contribution in [-0.4, -0.2) is 32.4 Å². The summed E-state index contributed by atoms with van der Waals surface area (Å²) in [4.78, 5) is 6.54. The van der Waals surface area contributed by atoms with Gasteiger partial charge in [-0.3, -0.25) is 0 Å². The normalized spacial score (nSPS) is 19.6. The van der Waals surface area contributed by atoms with Gasteiger partial charge in [-0.15, -0.1) is 24.0 Å². The highest BCUT2D eigenvalue weighted by Gasteiger charge is 2.17. The smallest absolute Gasteiger partial charge is 0.238 e. The van der Waals surface area contributed by atoms with Crippen LogP contribution in [0.3, 0.4) is 0 Å². The molecule has 1 unspecified atom stereocenters. The molecule has 4 N–H and O–H groups in total. The fourth-order valence-corrected chi connectivity index (χ4v) is 3.07. The SMILES string of the molecule is CC1CCCN(C(N)=NCc2cccc(S(N)(=O)=O)c2)C1.I. The van der Waals surface area contributed by atoms with Crippen molar-refractivity contribution in [3.63, 3.8) is 0 Å². The van der Waals surface area contributed by atoms with E-state index in [1.165, 1.54) is 18.6 Å². The van der Waals surface area contributed by atoms with Crippen LogP contribution in [0.5, 0.6) is 0 Å². The van der Waals surface area contributed by atoms with Crippen molar-refractivity contribution in [3.8, 4) is 0 Å². The quantitative estimate of drug-likeness (QED) is 0.424. The summed E-state index contributed by atoms with van der Waals surface area (Å²) in [6, 6.07) is 6.47. The highest BCUT2D eigenvalue weighted by molar-refractivity contribution is 14.0. The van der Waals surface area contributed by atoms with Crippen molar-refractivity contribution >= 4 is 40.0 Å². The zero-order chi connectivity index (χ0) is 15.5. The van der Waals surface area contributed by atoms with E-state index in [1.54, 1.807) is 6.07 Å². The van der Waals surface area contributed by atoms with Gasteiger partial charge in [0.05, 0.1) is 11.4 Å². The minimum atomic E-state index is -3.68. The largest absolute Gasteiger partial charge is 0.370 e. The molecule has 0 spiro atoms. The van der Waals surface area contributed by atoms with E-state index in [9.17, 15) is 8.42 Å². The second kappa shape index (κ2) is 8.11. The summed E-state index contributed by atoms with van der Waals surface area (Å²) in [6.45, 7) is 4.40. The number of rotatable bonds is 3. The molecule has 0 aliphatic carbocycles. The molecule has 0 amide bonds. The van der Waals surface area contributed by atoms with Gasteiger partial charge in [-0.25, -0.2) is 18.5 Å². The molecule has 22 heavy (non-hydrogen) atoms. The van der Waals surface area contributed by atoms with Gasteiger partial charge < -0.3 is 10.6 Å². The van der Waals surface area contributed by atoms with E-state index in [4.69, 9.17) is 10.9 Å². The zero-order valence-electron chi connectivity index (χ0n) is 12.6. The maximum absolute atomic E-state index is 11.3. The molecule has 124 valence electrons. The van der Waals surface area contributed by atoms with Crippen LogP contribution in [0.15, 0.2) is 34.2 Å². The van der Waals surface area contributed by atoms with Crippen LogP contribution in [0.25, 0.3) is 0 Å².